The molecule has 0 radical (unpaired) electrons. The average molecular weight is 752 g/mol. The highest BCUT2D eigenvalue weighted by atomic mass is 16.7. The monoisotopic (exact) mass is 751 g/mol. The lowest BCUT2D eigenvalue weighted by Gasteiger charge is -2.41. The topological polar surface area (TPSA) is 233 Å². The van der Waals surface area contributed by atoms with Crippen molar-refractivity contribution in [1.29, 1.82) is 0 Å². The molecule has 14 nitrogen and oxygen atoms in total. The van der Waals surface area contributed by atoms with Gasteiger partial charge in [0.2, 0.25) is 6.29 Å². The fourth-order valence-electron chi connectivity index (χ4n) is 6.63. The molecule has 1 fully saturated rings. The number of aliphatic hydroxyl groups excluding tert-OH is 3. The predicted octanol–water partition coefficient (Wildman–Crippen LogP) is 2.85. The number of aliphatic imine (C=N–C) groups is 1. The van der Waals surface area contributed by atoms with E-state index in [2.05, 4.69) is 4.99 Å². The van der Waals surface area contributed by atoms with Crippen LogP contribution in [0.3, 0.4) is 0 Å². The number of hydrogen-bond acceptors (Lipinski definition) is 12. The lowest BCUT2D eigenvalue weighted by molar-refractivity contribution is -0.278. The van der Waals surface area contributed by atoms with Crippen LogP contribution in [0.15, 0.2) is 77.8 Å². The van der Waals surface area contributed by atoms with Crippen LogP contribution in [0.5, 0.6) is 17.2 Å². The molecule has 0 spiro atoms. The highest BCUT2D eigenvalue weighted by molar-refractivity contribution is 6.31. The fraction of sp³-hybridized carbons (Fsp3) is 0.268. The Morgan fingerprint density at radius 1 is 0.891 bits per heavy atom. The van der Waals surface area contributed by atoms with Crippen LogP contribution >= 0.6 is 0 Å². The minimum absolute atomic E-state index is 0.0163. The van der Waals surface area contributed by atoms with Gasteiger partial charge in [-0.1, -0.05) is 60.7 Å². The highest BCUT2D eigenvalue weighted by Gasteiger charge is 2.46. The fourth-order valence-corrected chi connectivity index (χ4v) is 6.63. The molecule has 55 heavy (non-hydrogen) atoms. The van der Waals surface area contributed by atoms with E-state index in [1.165, 1.54) is 32.0 Å². The van der Waals surface area contributed by atoms with Crippen LogP contribution in [-0.4, -0.2) is 87.8 Å². The first kappa shape index (κ1) is 38.8. The Kier molecular flexibility index (Phi) is 11.7. The molecule has 0 amide bonds. The molecule has 1 aliphatic carbocycles. The number of rotatable bonds is 12. The van der Waals surface area contributed by atoms with E-state index < -0.39 is 54.0 Å². The van der Waals surface area contributed by atoms with E-state index in [-0.39, 0.29) is 77.0 Å². The number of hydrogen-bond donors (Lipinski definition) is 6. The number of ether oxygens (including phenoxy) is 4. The molecule has 1 heterocycles. The minimum Gasteiger partial charge on any atom is -0.507 e. The zero-order valence-corrected chi connectivity index (χ0v) is 30.0. The number of aliphatic hydroxyl groups is 3. The summed E-state index contributed by atoms with van der Waals surface area (Å²) < 4.78 is 23.7. The van der Waals surface area contributed by atoms with Gasteiger partial charge in [0.25, 0.3) is 0 Å². The summed E-state index contributed by atoms with van der Waals surface area (Å²) in [5, 5.41) is 43.5. The summed E-state index contributed by atoms with van der Waals surface area (Å²) in [5.74, 6) is -2.73. The maximum Gasteiger partial charge on any atom is 0.308 e. The molecule has 286 valence electrons. The molecule has 1 saturated heterocycles. The first-order chi connectivity index (χ1) is 26.4. The van der Waals surface area contributed by atoms with Crippen molar-refractivity contribution in [1.82, 2.24) is 0 Å². The van der Waals surface area contributed by atoms with Gasteiger partial charge in [0.1, 0.15) is 35.6 Å². The number of benzene rings is 4. The first-order valence-corrected chi connectivity index (χ1v) is 17.5. The SMILES string of the molecule is CC(=O)Oc1ccc2c(c1/C=C/c1ccccc1)C(=O)c1cc(O[C@H]3O[C@@H](C)[C@@H](O)[C@@H](O)[C@H]3OCCN=C(N)N)c(Cc3cccc(CO)c3)c(O)c1C2=O. The average Bonchev–Trinajstić information content (AvgIpc) is 3.16. The van der Waals surface area contributed by atoms with Crippen molar-refractivity contribution in [3.8, 4) is 17.2 Å². The molecule has 8 N–H and O–H groups in total. The first-order valence-electron chi connectivity index (χ1n) is 17.5. The molecule has 4 aromatic carbocycles. The van der Waals surface area contributed by atoms with Crippen molar-refractivity contribution in [2.45, 2.75) is 57.6 Å². The normalized spacial score (nSPS) is 20.5. The lowest BCUT2D eigenvalue weighted by Crippen LogP contribution is -2.59. The Morgan fingerprint density at radius 2 is 1.62 bits per heavy atom. The van der Waals surface area contributed by atoms with Gasteiger partial charge in [0.05, 0.1) is 31.4 Å². The molecule has 6 rings (SSSR count). The Morgan fingerprint density at radius 3 is 2.33 bits per heavy atom. The molecule has 0 aromatic heterocycles. The van der Waals surface area contributed by atoms with Gasteiger partial charge < -0.3 is 50.8 Å². The summed E-state index contributed by atoms with van der Waals surface area (Å²) in [6.45, 7) is 2.40. The number of fused-ring (bicyclic) bond motifs is 2. The van der Waals surface area contributed by atoms with Crippen LogP contribution in [0.25, 0.3) is 12.2 Å². The largest absolute Gasteiger partial charge is 0.507 e. The van der Waals surface area contributed by atoms with E-state index in [1.807, 2.05) is 30.3 Å². The van der Waals surface area contributed by atoms with Gasteiger partial charge in [-0.2, -0.15) is 0 Å². The van der Waals surface area contributed by atoms with Crippen LogP contribution in [0.2, 0.25) is 0 Å². The molecular weight excluding hydrogens is 710 g/mol. The molecule has 1 aliphatic heterocycles. The third kappa shape index (κ3) is 8.28. The van der Waals surface area contributed by atoms with Crippen molar-refractivity contribution < 1.29 is 53.8 Å². The van der Waals surface area contributed by atoms with E-state index in [4.69, 9.17) is 30.4 Å². The molecular formula is C41H41N3O11. The second kappa shape index (κ2) is 16.6. The molecule has 0 saturated carbocycles. The highest BCUT2D eigenvalue weighted by Crippen LogP contribution is 2.44. The van der Waals surface area contributed by atoms with Crippen LogP contribution in [0.4, 0.5) is 0 Å². The van der Waals surface area contributed by atoms with E-state index >= 15 is 0 Å². The molecule has 2 aliphatic rings. The number of ketones is 2. The number of guanidine groups is 1. The summed E-state index contributed by atoms with van der Waals surface area (Å²) in [6, 6.07) is 20.2. The third-order valence-corrected chi connectivity index (χ3v) is 9.29. The summed E-state index contributed by atoms with van der Waals surface area (Å²) in [7, 11) is 0. The number of carbonyl (C=O) groups is 3. The summed E-state index contributed by atoms with van der Waals surface area (Å²) in [5.41, 5.74) is 12.6. The molecule has 0 unspecified atom stereocenters. The number of phenolic OH excluding ortho intramolecular Hbond substituents is 1. The molecule has 5 atom stereocenters. The lowest BCUT2D eigenvalue weighted by atomic mass is 9.79. The van der Waals surface area contributed by atoms with Gasteiger partial charge in [-0.3, -0.25) is 19.4 Å². The summed E-state index contributed by atoms with van der Waals surface area (Å²) in [4.78, 5) is 45.0. The van der Waals surface area contributed by atoms with Crippen LogP contribution < -0.4 is 20.9 Å². The molecule has 0 bridgehead atoms. The van der Waals surface area contributed by atoms with Crippen LogP contribution in [-0.2, 0) is 27.3 Å². The Labute approximate surface area is 316 Å². The van der Waals surface area contributed by atoms with Gasteiger partial charge in [-0.05, 0) is 47.9 Å². The maximum atomic E-state index is 14.6. The predicted molar refractivity (Wildman–Crippen MR) is 201 cm³/mol. The number of aromatic hydroxyl groups is 1. The number of esters is 1. The smallest absolute Gasteiger partial charge is 0.308 e. The van der Waals surface area contributed by atoms with Gasteiger partial charge in [-0.15, -0.1) is 0 Å². The van der Waals surface area contributed by atoms with Crippen molar-refractivity contribution in [3.63, 3.8) is 0 Å². The van der Waals surface area contributed by atoms with Crippen LogP contribution in [0.1, 0.15) is 73.5 Å². The van der Waals surface area contributed by atoms with Gasteiger partial charge in [0, 0.05) is 41.2 Å². The quantitative estimate of drug-likeness (QED) is 0.0269. The number of carbonyl (C=O) groups excluding carboxylic acids is 3. The second-order valence-corrected chi connectivity index (χ2v) is 13.1. The van der Waals surface area contributed by atoms with E-state index in [0.29, 0.717) is 11.1 Å². The third-order valence-electron chi connectivity index (χ3n) is 9.29. The number of phenols is 1. The number of nitrogens with two attached hydrogens (primary N) is 2. The van der Waals surface area contributed by atoms with E-state index in [9.17, 15) is 34.8 Å². The number of nitrogens with zero attached hydrogens (tertiary/aromatic N) is 1. The second-order valence-electron chi connectivity index (χ2n) is 13.1. The standard InChI is InChI=1S/C41H41N3O11/c1-21-34(47)38(51)39(52-16-15-44-41(42)43)40(53-21)55-31-19-29-33(36(49)28(31)18-24-9-6-10-25(17-24)20-45)35(48)27-13-14-30(54-22(2)46)26(32(27)37(29)50)12-11-23-7-4-3-5-8-23/h3-14,17,19,21,34,38-40,45,47,49,51H,15-16,18,20H2,1-2H3,(H4,42,43,44)/b12-11+/t21-,34+,38+,39+,40+/m0/s1. The molecule has 4 aromatic rings. The van der Waals surface area contributed by atoms with Crippen molar-refractivity contribution in [2.24, 2.45) is 16.5 Å². The van der Waals surface area contributed by atoms with Gasteiger partial charge >= 0.3 is 5.97 Å². The van der Waals surface area contributed by atoms with Crippen LogP contribution in [0, 0.1) is 0 Å². The van der Waals surface area contributed by atoms with Gasteiger partial charge in [-0.25, -0.2) is 0 Å². The van der Waals surface area contributed by atoms with Crippen molar-refractivity contribution in [2.75, 3.05) is 13.2 Å². The van der Waals surface area contributed by atoms with Crippen molar-refractivity contribution in [3.05, 3.63) is 123 Å². The van der Waals surface area contributed by atoms with E-state index in [1.54, 1.807) is 36.4 Å². The Balaban J connectivity index is 1.49. The minimum atomic E-state index is -1.50. The Hall–Kier alpha value is -5.90. The summed E-state index contributed by atoms with van der Waals surface area (Å²) in [6.07, 6.45) is -3.26. The zero-order chi connectivity index (χ0) is 39.4. The Bertz CT molecular complexity index is 2160. The summed E-state index contributed by atoms with van der Waals surface area (Å²) >= 11 is 0. The zero-order valence-electron chi connectivity index (χ0n) is 30.0. The van der Waals surface area contributed by atoms with E-state index in [0.717, 1.165) is 5.56 Å². The molecule has 14 heteroatoms. The van der Waals surface area contributed by atoms with Gasteiger partial charge in [0.15, 0.2) is 17.5 Å². The maximum absolute atomic E-state index is 14.6. The van der Waals surface area contributed by atoms with Crippen molar-refractivity contribution >= 4 is 35.6 Å².